The van der Waals surface area contributed by atoms with Gasteiger partial charge in [-0.25, -0.2) is 0 Å². The van der Waals surface area contributed by atoms with Crippen molar-refractivity contribution in [2.45, 2.75) is 47.6 Å². The second kappa shape index (κ2) is 6.44. The maximum atomic E-state index is 3.67. The van der Waals surface area contributed by atoms with Crippen LogP contribution in [0.4, 0.5) is 0 Å². The molecule has 21 heavy (non-hydrogen) atoms. The first-order valence-electron chi connectivity index (χ1n) is 7.83. The van der Waals surface area contributed by atoms with Crippen LogP contribution in [0.15, 0.2) is 30.3 Å². The van der Waals surface area contributed by atoms with Crippen LogP contribution in [-0.2, 0) is 0 Å². The van der Waals surface area contributed by atoms with E-state index in [9.17, 15) is 0 Å². The van der Waals surface area contributed by atoms with Gasteiger partial charge in [0, 0.05) is 0 Å². The SMILES string of the molecule is CCNC(c1ccc(C)cc1)c1c(C)c(C)cc(C)c1C. The van der Waals surface area contributed by atoms with Crippen LogP contribution in [-0.4, -0.2) is 6.54 Å². The highest BCUT2D eigenvalue weighted by Gasteiger charge is 2.19. The van der Waals surface area contributed by atoms with Crippen molar-refractivity contribution in [2.24, 2.45) is 0 Å². The van der Waals surface area contributed by atoms with Crippen molar-refractivity contribution in [2.75, 3.05) is 6.54 Å². The lowest BCUT2D eigenvalue weighted by atomic mass is 9.86. The molecule has 0 saturated heterocycles. The molecule has 0 spiro atoms. The van der Waals surface area contributed by atoms with E-state index in [0.29, 0.717) is 0 Å². The highest BCUT2D eigenvalue weighted by Crippen LogP contribution is 2.31. The van der Waals surface area contributed by atoms with Gasteiger partial charge in [0.05, 0.1) is 6.04 Å². The zero-order chi connectivity index (χ0) is 15.6. The molecule has 0 fully saturated rings. The average molecular weight is 281 g/mol. The van der Waals surface area contributed by atoms with Crippen LogP contribution in [0.1, 0.15) is 51.9 Å². The Morgan fingerprint density at radius 2 is 1.38 bits per heavy atom. The highest BCUT2D eigenvalue weighted by molar-refractivity contribution is 5.49. The number of hydrogen-bond acceptors (Lipinski definition) is 1. The molecule has 1 heteroatoms. The van der Waals surface area contributed by atoms with Gasteiger partial charge in [-0.2, -0.15) is 0 Å². The Morgan fingerprint density at radius 1 is 0.857 bits per heavy atom. The molecule has 0 heterocycles. The highest BCUT2D eigenvalue weighted by atomic mass is 14.9. The molecule has 1 unspecified atom stereocenters. The van der Waals surface area contributed by atoms with E-state index < -0.39 is 0 Å². The Bertz CT molecular complexity index is 597. The van der Waals surface area contributed by atoms with Crippen molar-refractivity contribution in [3.05, 3.63) is 69.3 Å². The summed E-state index contributed by atoms with van der Waals surface area (Å²) in [5, 5.41) is 3.67. The lowest BCUT2D eigenvalue weighted by Crippen LogP contribution is -2.24. The van der Waals surface area contributed by atoms with E-state index in [2.05, 4.69) is 77.2 Å². The predicted octanol–water partition coefficient (Wildman–Crippen LogP) is 4.93. The van der Waals surface area contributed by atoms with Crippen molar-refractivity contribution in [1.29, 1.82) is 0 Å². The van der Waals surface area contributed by atoms with Crippen LogP contribution in [0.3, 0.4) is 0 Å². The van der Waals surface area contributed by atoms with Crippen molar-refractivity contribution < 1.29 is 0 Å². The third kappa shape index (κ3) is 3.19. The van der Waals surface area contributed by atoms with Crippen molar-refractivity contribution in [3.8, 4) is 0 Å². The summed E-state index contributed by atoms with van der Waals surface area (Å²) in [5.41, 5.74) is 9.67. The molecule has 1 nitrogen and oxygen atoms in total. The Kier molecular flexibility index (Phi) is 4.84. The quantitative estimate of drug-likeness (QED) is 0.838. The summed E-state index contributed by atoms with van der Waals surface area (Å²) in [6, 6.07) is 11.5. The van der Waals surface area contributed by atoms with E-state index in [4.69, 9.17) is 0 Å². The first-order valence-corrected chi connectivity index (χ1v) is 7.83. The minimum atomic E-state index is 0.272. The van der Waals surface area contributed by atoms with Gasteiger partial charge in [0.1, 0.15) is 0 Å². The molecular weight excluding hydrogens is 254 g/mol. The Balaban J connectivity index is 2.60. The van der Waals surface area contributed by atoms with Gasteiger partial charge in [-0.05, 0) is 74.5 Å². The van der Waals surface area contributed by atoms with Crippen molar-refractivity contribution >= 4 is 0 Å². The van der Waals surface area contributed by atoms with Gasteiger partial charge in [0.25, 0.3) is 0 Å². The minimum absolute atomic E-state index is 0.272. The fourth-order valence-electron chi connectivity index (χ4n) is 3.03. The maximum Gasteiger partial charge on any atom is 0.0582 e. The molecule has 0 radical (unpaired) electrons. The summed E-state index contributed by atoms with van der Waals surface area (Å²) in [7, 11) is 0. The van der Waals surface area contributed by atoms with Gasteiger partial charge < -0.3 is 5.32 Å². The zero-order valence-electron chi connectivity index (χ0n) is 14.2. The predicted molar refractivity (Wildman–Crippen MR) is 92.1 cm³/mol. The minimum Gasteiger partial charge on any atom is -0.307 e. The summed E-state index contributed by atoms with van der Waals surface area (Å²) in [6.07, 6.45) is 0. The van der Waals surface area contributed by atoms with E-state index in [1.54, 1.807) is 0 Å². The second-order valence-corrected chi connectivity index (χ2v) is 6.08. The van der Waals surface area contributed by atoms with E-state index in [-0.39, 0.29) is 6.04 Å². The summed E-state index contributed by atoms with van der Waals surface area (Å²) < 4.78 is 0. The molecule has 2 aromatic rings. The maximum absolute atomic E-state index is 3.67. The van der Waals surface area contributed by atoms with Gasteiger partial charge in [0.15, 0.2) is 0 Å². The molecule has 1 atom stereocenters. The van der Waals surface area contributed by atoms with Crippen LogP contribution < -0.4 is 5.32 Å². The number of nitrogens with one attached hydrogen (secondary N) is 1. The molecule has 2 rings (SSSR count). The van der Waals surface area contributed by atoms with Gasteiger partial charge in [0.2, 0.25) is 0 Å². The summed E-state index contributed by atoms with van der Waals surface area (Å²) >= 11 is 0. The smallest absolute Gasteiger partial charge is 0.0582 e. The normalized spacial score (nSPS) is 12.5. The Morgan fingerprint density at radius 3 is 1.86 bits per heavy atom. The number of aryl methyl sites for hydroxylation is 3. The van der Waals surface area contributed by atoms with Crippen LogP contribution in [0.25, 0.3) is 0 Å². The standard InChI is InChI=1S/C20H27N/c1-7-21-20(18-10-8-13(2)9-11-18)19-16(5)14(3)12-15(4)17(19)6/h8-12,20-21H,7H2,1-6H3. The molecule has 0 saturated carbocycles. The molecule has 0 amide bonds. The van der Waals surface area contributed by atoms with Crippen LogP contribution in [0.2, 0.25) is 0 Å². The molecule has 0 aliphatic rings. The van der Waals surface area contributed by atoms with Gasteiger partial charge in [-0.15, -0.1) is 0 Å². The average Bonchev–Trinajstić information content (AvgIpc) is 2.45. The fourth-order valence-corrected chi connectivity index (χ4v) is 3.03. The first kappa shape index (κ1) is 15.8. The zero-order valence-corrected chi connectivity index (χ0v) is 14.2. The summed E-state index contributed by atoms with van der Waals surface area (Å²) in [4.78, 5) is 0. The lowest BCUT2D eigenvalue weighted by Gasteiger charge is -2.25. The topological polar surface area (TPSA) is 12.0 Å². The van der Waals surface area contributed by atoms with Crippen LogP contribution in [0, 0.1) is 34.6 Å². The molecule has 0 aliphatic carbocycles. The molecule has 0 aliphatic heterocycles. The number of benzene rings is 2. The van der Waals surface area contributed by atoms with E-state index >= 15 is 0 Å². The molecule has 0 bridgehead atoms. The largest absolute Gasteiger partial charge is 0.307 e. The molecule has 0 aromatic heterocycles. The van der Waals surface area contributed by atoms with E-state index in [1.165, 1.54) is 38.9 Å². The summed E-state index contributed by atoms with van der Waals surface area (Å²) in [5.74, 6) is 0. The molecular formula is C20H27N. The molecule has 2 aromatic carbocycles. The van der Waals surface area contributed by atoms with E-state index in [0.717, 1.165) is 6.54 Å². The fraction of sp³-hybridized carbons (Fsp3) is 0.400. The number of hydrogen-bond donors (Lipinski definition) is 1. The van der Waals surface area contributed by atoms with Gasteiger partial charge >= 0.3 is 0 Å². The number of rotatable bonds is 4. The second-order valence-electron chi connectivity index (χ2n) is 6.08. The first-order chi connectivity index (χ1) is 9.95. The van der Waals surface area contributed by atoms with Gasteiger partial charge in [-0.1, -0.05) is 42.8 Å². The van der Waals surface area contributed by atoms with Crippen LogP contribution >= 0.6 is 0 Å². The Hall–Kier alpha value is -1.60. The van der Waals surface area contributed by atoms with E-state index in [1.807, 2.05) is 0 Å². The monoisotopic (exact) mass is 281 g/mol. The van der Waals surface area contributed by atoms with Crippen LogP contribution in [0.5, 0.6) is 0 Å². The molecule has 112 valence electrons. The van der Waals surface area contributed by atoms with Crippen molar-refractivity contribution in [1.82, 2.24) is 5.32 Å². The van der Waals surface area contributed by atoms with Crippen molar-refractivity contribution in [3.63, 3.8) is 0 Å². The third-order valence-electron chi connectivity index (χ3n) is 4.53. The summed E-state index contributed by atoms with van der Waals surface area (Å²) in [6.45, 7) is 14.2. The lowest BCUT2D eigenvalue weighted by molar-refractivity contribution is 0.623. The Labute approximate surface area is 129 Å². The third-order valence-corrected chi connectivity index (χ3v) is 4.53. The molecule has 1 N–H and O–H groups in total. The van der Waals surface area contributed by atoms with Gasteiger partial charge in [-0.3, -0.25) is 0 Å².